The maximum Gasteiger partial charge on any atom is 0.410 e. The van der Waals surface area contributed by atoms with Crippen molar-refractivity contribution in [2.75, 3.05) is 26.2 Å². The SMILES string of the molecule is O=C(c1ccncc1F)N1CCC(N2CCOC2=O)C1. The predicted octanol–water partition coefficient (Wildman–Crippen LogP) is 0.887. The van der Waals surface area contributed by atoms with Crippen LogP contribution in [-0.4, -0.2) is 59.1 Å². The zero-order valence-electron chi connectivity index (χ0n) is 10.8. The summed E-state index contributed by atoms with van der Waals surface area (Å²) in [5.74, 6) is -0.985. The van der Waals surface area contributed by atoms with Crippen LogP contribution in [0.2, 0.25) is 0 Å². The van der Waals surface area contributed by atoms with Gasteiger partial charge in [0, 0.05) is 19.3 Å². The van der Waals surface area contributed by atoms with Gasteiger partial charge in [-0.25, -0.2) is 9.18 Å². The highest BCUT2D eigenvalue weighted by molar-refractivity contribution is 5.94. The van der Waals surface area contributed by atoms with E-state index >= 15 is 0 Å². The summed E-state index contributed by atoms with van der Waals surface area (Å²) in [5, 5.41) is 0. The Morgan fingerprint density at radius 3 is 3.00 bits per heavy atom. The second kappa shape index (κ2) is 5.07. The number of likely N-dealkylation sites (tertiary alicyclic amines) is 1. The van der Waals surface area contributed by atoms with Crippen LogP contribution in [0.15, 0.2) is 18.5 Å². The number of carbonyl (C=O) groups excluding carboxylic acids is 2. The lowest BCUT2D eigenvalue weighted by Crippen LogP contribution is -2.39. The van der Waals surface area contributed by atoms with E-state index in [2.05, 4.69) is 4.98 Å². The third-order valence-corrected chi connectivity index (χ3v) is 3.69. The van der Waals surface area contributed by atoms with Gasteiger partial charge in [0.05, 0.1) is 24.3 Å². The van der Waals surface area contributed by atoms with Gasteiger partial charge in [0.1, 0.15) is 6.61 Å². The van der Waals surface area contributed by atoms with E-state index < -0.39 is 5.82 Å². The van der Waals surface area contributed by atoms with Gasteiger partial charge in [-0.15, -0.1) is 0 Å². The number of hydrogen-bond acceptors (Lipinski definition) is 4. The van der Waals surface area contributed by atoms with E-state index in [-0.39, 0.29) is 23.6 Å². The molecule has 2 aliphatic rings. The van der Waals surface area contributed by atoms with Crippen molar-refractivity contribution in [3.05, 3.63) is 29.8 Å². The molecule has 0 bridgehead atoms. The maximum atomic E-state index is 13.6. The number of aromatic nitrogens is 1. The normalized spacial score (nSPS) is 22.2. The van der Waals surface area contributed by atoms with Crippen LogP contribution >= 0.6 is 0 Å². The summed E-state index contributed by atoms with van der Waals surface area (Å²) in [6.45, 7) is 1.86. The number of cyclic esters (lactones) is 1. The number of nitrogens with zero attached hydrogens (tertiary/aromatic N) is 3. The maximum absolute atomic E-state index is 13.6. The first-order valence-electron chi connectivity index (χ1n) is 6.49. The molecule has 20 heavy (non-hydrogen) atoms. The molecule has 0 spiro atoms. The fraction of sp³-hybridized carbons (Fsp3) is 0.462. The molecular formula is C13H14FN3O3. The van der Waals surface area contributed by atoms with Gasteiger partial charge < -0.3 is 9.64 Å². The first kappa shape index (κ1) is 12.8. The molecule has 2 amide bonds. The largest absolute Gasteiger partial charge is 0.448 e. The number of amides is 2. The summed E-state index contributed by atoms with van der Waals surface area (Å²) >= 11 is 0. The lowest BCUT2D eigenvalue weighted by atomic mass is 10.2. The molecule has 2 aliphatic heterocycles. The van der Waals surface area contributed by atoms with Crippen LogP contribution in [0.5, 0.6) is 0 Å². The van der Waals surface area contributed by atoms with Crippen LogP contribution in [0.25, 0.3) is 0 Å². The van der Waals surface area contributed by atoms with Crippen LogP contribution in [0.3, 0.4) is 0 Å². The third kappa shape index (κ3) is 2.19. The molecular weight excluding hydrogens is 265 g/mol. The van der Waals surface area contributed by atoms with Gasteiger partial charge in [-0.2, -0.15) is 0 Å². The van der Waals surface area contributed by atoms with Gasteiger partial charge in [0.15, 0.2) is 5.82 Å². The Bertz CT molecular complexity index is 551. The van der Waals surface area contributed by atoms with Crippen molar-refractivity contribution in [1.82, 2.24) is 14.8 Å². The molecule has 6 nitrogen and oxygen atoms in total. The summed E-state index contributed by atoms with van der Waals surface area (Å²) in [4.78, 5) is 30.6. The van der Waals surface area contributed by atoms with Crippen molar-refractivity contribution >= 4 is 12.0 Å². The Morgan fingerprint density at radius 2 is 2.30 bits per heavy atom. The fourth-order valence-electron chi connectivity index (χ4n) is 2.64. The number of ether oxygens (including phenoxy) is 1. The fourth-order valence-corrected chi connectivity index (χ4v) is 2.64. The number of hydrogen-bond donors (Lipinski definition) is 0. The van der Waals surface area contributed by atoms with E-state index in [1.807, 2.05) is 0 Å². The highest BCUT2D eigenvalue weighted by atomic mass is 19.1. The van der Waals surface area contributed by atoms with Crippen molar-refractivity contribution in [2.24, 2.45) is 0 Å². The molecule has 1 unspecified atom stereocenters. The van der Waals surface area contributed by atoms with Gasteiger partial charge in [-0.1, -0.05) is 0 Å². The van der Waals surface area contributed by atoms with Gasteiger partial charge in [0.25, 0.3) is 5.91 Å². The molecule has 106 valence electrons. The van der Waals surface area contributed by atoms with Crippen LogP contribution in [0.4, 0.5) is 9.18 Å². The third-order valence-electron chi connectivity index (χ3n) is 3.69. The smallest absolute Gasteiger partial charge is 0.410 e. The standard InChI is InChI=1S/C13H14FN3O3/c14-11-7-15-3-1-10(11)12(18)16-4-2-9(8-16)17-5-6-20-13(17)19/h1,3,7,9H,2,4-6,8H2. The second-order valence-electron chi connectivity index (χ2n) is 4.86. The first-order valence-corrected chi connectivity index (χ1v) is 6.49. The minimum Gasteiger partial charge on any atom is -0.448 e. The average Bonchev–Trinajstić information content (AvgIpc) is 3.07. The molecule has 0 aliphatic carbocycles. The quantitative estimate of drug-likeness (QED) is 0.806. The second-order valence-corrected chi connectivity index (χ2v) is 4.86. The van der Waals surface area contributed by atoms with Crippen molar-refractivity contribution in [3.8, 4) is 0 Å². The molecule has 1 aromatic heterocycles. The molecule has 3 heterocycles. The first-order chi connectivity index (χ1) is 9.66. The van der Waals surface area contributed by atoms with Crippen molar-refractivity contribution in [2.45, 2.75) is 12.5 Å². The number of pyridine rings is 1. The Labute approximate surface area is 115 Å². The van der Waals surface area contributed by atoms with Gasteiger partial charge in [-0.05, 0) is 12.5 Å². The minimum atomic E-state index is -0.624. The molecule has 0 N–H and O–H groups in total. The van der Waals surface area contributed by atoms with Crippen LogP contribution in [0, 0.1) is 5.82 Å². The average molecular weight is 279 g/mol. The molecule has 0 saturated carbocycles. The molecule has 2 fully saturated rings. The number of carbonyl (C=O) groups is 2. The summed E-state index contributed by atoms with van der Waals surface area (Å²) < 4.78 is 18.5. The van der Waals surface area contributed by atoms with Crippen LogP contribution in [0.1, 0.15) is 16.8 Å². The topological polar surface area (TPSA) is 62.7 Å². The molecule has 0 aromatic carbocycles. The molecule has 3 rings (SSSR count). The van der Waals surface area contributed by atoms with Crippen molar-refractivity contribution in [3.63, 3.8) is 0 Å². The minimum absolute atomic E-state index is 0.0182. The van der Waals surface area contributed by atoms with E-state index in [0.717, 1.165) is 6.20 Å². The highest BCUT2D eigenvalue weighted by Crippen LogP contribution is 2.21. The zero-order valence-corrected chi connectivity index (χ0v) is 10.8. The summed E-state index contributed by atoms with van der Waals surface area (Å²) in [7, 11) is 0. The Morgan fingerprint density at radius 1 is 1.45 bits per heavy atom. The predicted molar refractivity (Wildman–Crippen MR) is 66.6 cm³/mol. The van der Waals surface area contributed by atoms with Gasteiger partial charge in [0.2, 0.25) is 0 Å². The van der Waals surface area contributed by atoms with E-state index in [9.17, 15) is 14.0 Å². The molecule has 0 radical (unpaired) electrons. The Kier molecular flexibility index (Phi) is 3.25. The molecule has 1 atom stereocenters. The molecule has 7 heteroatoms. The van der Waals surface area contributed by atoms with Gasteiger partial charge >= 0.3 is 6.09 Å². The van der Waals surface area contributed by atoms with E-state index in [1.54, 1.807) is 9.80 Å². The summed E-state index contributed by atoms with van der Waals surface area (Å²) in [6, 6.07) is 1.33. The number of halogens is 1. The molecule has 1 aromatic rings. The lowest BCUT2D eigenvalue weighted by molar-refractivity contribution is 0.0775. The molecule has 2 saturated heterocycles. The monoisotopic (exact) mass is 279 g/mol. The van der Waals surface area contributed by atoms with Crippen molar-refractivity contribution < 1.29 is 18.7 Å². The number of rotatable bonds is 2. The van der Waals surface area contributed by atoms with Crippen molar-refractivity contribution in [1.29, 1.82) is 0 Å². The van der Waals surface area contributed by atoms with Crippen LogP contribution in [-0.2, 0) is 4.74 Å². The zero-order chi connectivity index (χ0) is 14.1. The highest BCUT2D eigenvalue weighted by Gasteiger charge is 2.36. The van der Waals surface area contributed by atoms with Gasteiger partial charge in [-0.3, -0.25) is 14.7 Å². The Balaban J connectivity index is 1.69. The summed E-state index contributed by atoms with van der Waals surface area (Å²) in [5.41, 5.74) is 0.0182. The van der Waals surface area contributed by atoms with Crippen LogP contribution < -0.4 is 0 Å². The van der Waals surface area contributed by atoms with E-state index in [4.69, 9.17) is 4.74 Å². The Hall–Kier alpha value is -2.18. The lowest BCUT2D eigenvalue weighted by Gasteiger charge is -2.21. The summed E-state index contributed by atoms with van der Waals surface area (Å²) in [6.07, 6.45) is 2.77. The van der Waals surface area contributed by atoms with E-state index in [0.29, 0.717) is 32.7 Å². The van der Waals surface area contributed by atoms with E-state index in [1.165, 1.54) is 12.3 Å².